The fourth-order valence-corrected chi connectivity index (χ4v) is 5.68. The van der Waals surface area contributed by atoms with Gasteiger partial charge in [0, 0.05) is 22.2 Å². The summed E-state index contributed by atoms with van der Waals surface area (Å²) in [4.78, 5) is 12.8. The maximum atomic E-state index is 13.0. The van der Waals surface area contributed by atoms with Gasteiger partial charge in [-0.2, -0.15) is 9.41 Å². The number of nitrogens with zero attached hydrogens (tertiary/aromatic N) is 2. The number of carbonyl (C=O) groups is 1. The number of benzene rings is 2. The highest BCUT2D eigenvalue weighted by molar-refractivity contribution is 7.89. The predicted molar refractivity (Wildman–Crippen MR) is 128 cm³/mol. The van der Waals surface area contributed by atoms with E-state index in [1.54, 1.807) is 30.3 Å². The van der Waals surface area contributed by atoms with Crippen LogP contribution in [0.25, 0.3) is 11.3 Å². The Kier molecular flexibility index (Phi) is 7.11. The van der Waals surface area contributed by atoms with Gasteiger partial charge < -0.3 is 4.42 Å². The zero-order chi connectivity index (χ0) is 23.6. The molecule has 0 saturated carbocycles. The summed E-state index contributed by atoms with van der Waals surface area (Å²) in [7, 11) is -3.84. The second-order valence-electron chi connectivity index (χ2n) is 7.29. The fourth-order valence-electron chi connectivity index (χ4n) is 3.52. The van der Waals surface area contributed by atoms with Crippen molar-refractivity contribution in [1.82, 2.24) is 9.73 Å². The van der Waals surface area contributed by atoms with Gasteiger partial charge in [0.2, 0.25) is 10.0 Å². The Balaban J connectivity index is 1.44. The number of sulfonamides is 1. The minimum atomic E-state index is -3.84. The minimum Gasteiger partial charge on any atom is -0.455 e. The number of halogens is 3. The second-order valence-corrected chi connectivity index (χ2v) is 10.5. The molecule has 33 heavy (non-hydrogen) atoms. The van der Waals surface area contributed by atoms with E-state index in [1.165, 1.54) is 34.8 Å². The summed E-state index contributed by atoms with van der Waals surface area (Å²) in [5.41, 5.74) is 3.03. The van der Waals surface area contributed by atoms with Crippen LogP contribution in [0.4, 0.5) is 0 Å². The standard InChI is InChI=1S/C22H18Cl3N3O4S/c23-14-3-7-17(8-4-14)33(30,31)28-11-1-2-20(28)22(29)27-26-13-16-6-10-21(32-16)18-12-15(24)5-9-19(18)25/h3-10,12-13,20H,1-2,11H2,(H,27,29)/b26-13-/t20-/m0/s1. The molecule has 1 aromatic heterocycles. The average Bonchev–Trinajstić information content (AvgIpc) is 3.46. The largest absolute Gasteiger partial charge is 0.455 e. The van der Waals surface area contributed by atoms with Crippen LogP contribution in [0.2, 0.25) is 15.1 Å². The molecule has 1 saturated heterocycles. The van der Waals surface area contributed by atoms with Crippen molar-refractivity contribution in [3.63, 3.8) is 0 Å². The molecule has 1 amide bonds. The van der Waals surface area contributed by atoms with Gasteiger partial charge in [0.1, 0.15) is 17.6 Å². The van der Waals surface area contributed by atoms with E-state index in [2.05, 4.69) is 10.5 Å². The maximum absolute atomic E-state index is 13.0. The molecule has 2 aromatic carbocycles. The number of hydrogen-bond acceptors (Lipinski definition) is 5. The van der Waals surface area contributed by atoms with Gasteiger partial charge in [0.05, 0.1) is 16.1 Å². The van der Waals surface area contributed by atoms with Gasteiger partial charge in [0.25, 0.3) is 5.91 Å². The SMILES string of the molecule is O=C(N/N=C\c1ccc(-c2cc(Cl)ccc2Cl)o1)[C@@H]1CCCN1S(=O)(=O)c1ccc(Cl)cc1. The lowest BCUT2D eigenvalue weighted by Crippen LogP contribution is -2.44. The van der Waals surface area contributed by atoms with Crippen LogP contribution in [0.1, 0.15) is 18.6 Å². The Morgan fingerprint density at radius 1 is 1.06 bits per heavy atom. The van der Waals surface area contributed by atoms with Gasteiger partial charge in [0.15, 0.2) is 0 Å². The van der Waals surface area contributed by atoms with Crippen molar-refractivity contribution >= 4 is 56.9 Å². The lowest BCUT2D eigenvalue weighted by Gasteiger charge is -2.22. The van der Waals surface area contributed by atoms with Crippen LogP contribution in [0.5, 0.6) is 0 Å². The van der Waals surface area contributed by atoms with Crippen LogP contribution in [-0.4, -0.2) is 37.4 Å². The predicted octanol–water partition coefficient (Wildman–Crippen LogP) is 5.21. The van der Waals surface area contributed by atoms with Crippen LogP contribution >= 0.6 is 34.8 Å². The molecule has 0 radical (unpaired) electrons. The normalized spacial score (nSPS) is 17.0. The topological polar surface area (TPSA) is 92.0 Å². The third-order valence-corrected chi connectivity index (χ3v) is 7.85. The zero-order valence-corrected chi connectivity index (χ0v) is 20.1. The van der Waals surface area contributed by atoms with E-state index < -0.39 is 22.0 Å². The molecule has 1 atom stereocenters. The summed E-state index contributed by atoms with van der Waals surface area (Å²) in [6.07, 6.45) is 2.29. The van der Waals surface area contributed by atoms with Crippen LogP contribution in [0.3, 0.4) is 0 Å². The number of hydrogen-bond donors (Lipinski definition) is 1. The van der Waals surface area contributed by atoms with E-state index in [4.69, 9.17) is 39.2 Å². The van der Waals surface area contributed by atoms with E-state index in [0.29, 0.717) is 45.0 Å². The molecular weight excluding hydrogens is 509 g/mol. The maximum Gasteiger partial charge on any atom is 0.258 e. The molecule has 0 unspecified atom stereocenters. The molecule has 11 heteroatoms. The van der Waals surface area contributed by atoms with Gasteiger partial charge in [-0.05, 0) is 67.4 Å². The first-order chi connectivity index (χ1) is 15.8. The number of rotatable bonds is 6. The van der Waals surface area contributed by atoms with Gasteiger partial charge in [-0.1, -0.05) is 34.8 Å². The highest BCUT2D eigenvalue weighted by Gasteiger charge is 2.39. The van der Waals surface area contributed by atoms with Crippen molar-refractivity contribution in [2.75, 3.05) is 6.54 Å². The van der Waals surface area contributed by atoms with E-state index in [9.17, 15) is 13.2 Å². The lowest BCUT2D eigenvalue weighted by atomic mass is 10.2. The van der Waals surface area contributed by atoms with Crippen molar-refractivity contribution in [2.45, 2.75) is 23.8 Å². The van der Waals surface area contributed by atoms with E-state index in [1.807, 2.05) is 0 Å². The first-order valence-corrected chi connectivity index (χ1v) is 12.5. The first kappa shape index (κ1) is 23.8. The molecule has 7 nitrogen and oxygen atoms in total. The van der Waals surface area contributed by atoms with E-state index in [0.717, 1.165) is 0 Å². The molecule has 1 aliphatic heterocycles. The number of amides is 1. The summed E-state index contributed by atoms with van der Waals surface area (Å²) < 4.78 is 32.8. The molecule has 0 spiro atoms. The number of nitrogens with one attached hydrogen (secondary N) is 1. The van der Waals surface area contributed by atoms with Crippen LogP contribution in [-0.2, 0) is 14.8 Å². The summed E-state index contributed by atoms with van der Waals surface area (Å²) in [5, 5.41) is 5.34. The molecule has 1 aliphatic rings. The molecule has 1 fully saturated rings. The summed E-state index contributed by atoms with van der Waals surface area (Å²) in [6, 6.07) is 13.4. The lowest BCUT2D eigenvalue weighted by molar-refractivity contribution is -0.124. The first-order valence-electron chi connectivity index (χ1n) is 9.91. The van der Waals surface area contributed by atoms with Crippen LogP contribution in [0, 0.1) is 0 Å². The molecule has 1 N–H and O–H groups in total. The Labute approximate surface area is 206 Å². The van der Waals surface area contributed by atoms with Crippen LogP contribution in [0.15, 0.2) is 69.0 Å². The second kappa shape index (κ2) is 9.87. The van der Waals surface area contributed by atoms with Crippen molar-refractivity contribution in [1.29, 1.82) is 0 Å². The number of furan rings is 1. The number of carbonyl (C=O) groups excluding carboxylic acids is 1. The van der Waals surface area contributed by atoms with Crippen molar-refractivity contribution in [3.8, 4) is 11.3 Å². The summed E-state index contributed by atoms with van der Waals surface area (Å²) >= 11 is 18.1. The Bertz CT molecular complexity index is 1310. The van der Waals surface area contributed by atoms with Gasteiger partial charge >= 0.3 is 0 Å². The molecule has 0 aliphatic carbocycles. The van der Waals surface area contributed by atoms with E-state index in [-0.39, 0.29) is 11.4 Å². The van der Waals surface area contributed by atoms with E-state index >= 15 is 0 Å². The third kappa shape index (κ3) is 5.26. The smallest absolute Gasteiger partial charge is 0.258 e. The van der Waals surface area contributed by atoms with Crippen molar-refractivity contribution in [3.05, 3.63) is 75.4 Å². The molecule has 2 heterocycles. The fraction of sp³-hybridized carbons (Fsp3) is 0.182. The van der Waals surface area contributed by atoms with Gasteiger partial charge in [-0.15, -0.1) is 0 Å². The van der Waals surface area contributed by atoms with Gasteiger partial charge in [-0.25, -0.2) is 13.8 Å². The quantitative estimate of drug-likeness (QED) is 0.352. The number of hydrazone groups is 1. The molecule has 0 bridgehead atoms. The van der Waals surface area contributed by atoms with Crippen molar-refractivity contribution in [2.24, 2.45) is 5.10 Å². The Hall–Kier alpha value is -2.36. The molecule has 4 rings (SSSR count). The molecule has 172 valence electrons. The Morgan fingerprint density at radius 2 is 1.79 bits per heavy atom. The van der Waals surface area contributed by atoms with Crippen molar-refractivity contribution < 1.29 is 17.6 Å². The zero-order valence-electron chi connectivity index (χ0n) is 17.0. The highest BCUT2D eigenvalue weighted by Crippen LogP contribution is 2.31. The molecular formula is C22H18Cl3N3O4S. The summed E-state index contributed by atoms with van der Waals surface area (Å²) in [5.74, 6) is 0.343. The monoisotopic (exact) mass is 525 g/mol. The average molecular weight is 527 g/mol. The van der Waals surface area contributed by atoms with Crippen LogP contribution < -0.4 is 5.43 Å². The third-order valence-electron chi connectivity index (χ3n) is 5.11. The Morgan fingerprint density at radius 3 is 2.55 bits per heavy atom. The minimum absolute atomic E-state index is 0.0814. The summed E-state index contributed by atoms with van der Waals surface area (Å²) in [6.45, 7) is 0.245. The highest BCUT2D eigenvalue weighted by atomic mass is 35.5. The van der Waals surface area contributed by atoms with Gasteiger partial charge in [-0.3, -0.25) is 4.79 Å². The molecule has 3 aromatic rings.